The number of nitro groups is 1. The van der Waals surface area contributed by atoms with Crippen molar-refractivity contribution in [1.29, 1.82) is 0 Å². The van der Waals surface area contributed by atoms with Crippen molar-refractivity contribution in [3.63, 3.8) is 0 Å². The van der Waals surface area contributed by atoms with Crippen LogP contribution in [0.15, 0.2) is 12.3 Å². The van der Waals surface area contributed by atoms with Gasteiger partial charge in [-0.05, 0) is 25.8 Å². The zero-order chi connectivity index (χ0) is 13.1. The molecule has 0 bridgehead atoms. The molecule has 2 rings (SSSR count). The number of rotatable bonds is 3. The third-order valence-corrected chi connectivity index (χ3v) is 4.40. The Morgan fingerprint density at radius 3 is 2.72 bits per heavy atom. The van der Waals surface area contributed by atoms with Gasteiger partial charge in [-0.15, -0.1) is 0 Å². The van der Waals surface area contributed by atoms with Gasteiger partial charge in [-0.3, -0.25) is 14.3 Å². The maximum atomic E-state index is 11.2. The predicted molar refractivity (Wildman–Crippen MR) is 70.1 cm³/mol. The van der Waals surface area contributed by atoms with E-state index in [0.29, 0.717) is 22.9 Å². The Hall–Kier alpha value is -1.50. The summed E-state index contributed by atoms with van der Waals surface area (Å²) in [6, 6.07) is 1.94. The van der Waals surface area contributed by atoms with Crippen molar-refractivity contribution >= 4 is 22.3 Å². The number of aryl methyl sites for hydroxylation is 1. The fourth-order valence-electron chi connectivity index (χ4n) is 1.97. The van der Waals surface area contributed by atoms with Crippen molar-refractivity contribution in [2.75, 3.05) is 16.8 Å². The van der Waals surface area contributed by atoms with Crippen molar-refractivity contribution in [2.24, 2.45) is 0 Å². The molecule has 0 atom stereocenters. The summed E-state index contributed by atoms with van der Waals surface area (Å²) in [5.74, 6) is 2.07. The van der Waals surface area contributed by atoms with Crippen molar-refractivity contribution in [1.82, 2.24) is 4.98 Å². The molecule has 0 radical (unpaired) electrons. The molecule has 1 aliphatic heterocycles. The molecule has 1 aromatic rings. The first-order valence-electron chi connectivity index (χ1n) is 5.79. The fourth-order valence-corrected chi connectivity index (χ4v) is 3.27. The number of anilines is 1. The monoisotopic (exact) mass is 269 g/mol. The molecule has 1 saturated heterocycles. The molecule has 1 N–H and O–H groups in total. The van der Waals surface area contributed by atoms with Crippen LogP contribution in [-0.4, -0.2) is 31.7 Å². The molecule has 0 spiro atoms. The van der Waals surface area contributed by atoms with E-state index in [-0.39, 0.29) is 11.7 Å². The number of nitrogens with zero attached hydrogens (tertiary/aromatic N) is 2. The largest absolute Gasteiger partial charge is 0.367 e. The highest BCUT2D eigenvalue weighted by Gasteiger charge is 2.19. The second kappa shape index (κ2) is 5.43. The summed E-state index contributed by atoms with van der Waals surface area (Å²) in [7, 11) is -0.683. The molecule has 0 amide bonds. The predicted octanol–water partition coefficient (Wildman–Crippen LogP) is 1.62. The van der Waals surface area contributed by atoms with E-state index in [1.54, 1.807) is 13.0 Å². The summed E-state index contributed by atoms with van der Waals surface area (Å²) in [6.07, 6.45) is 2.98. The Balaban J connectivity index is 2.04. The van der Waals surface area contributed by atoms with Crippen LogP contribution in [0.4, 0.5) is 11.5 Å². The third-order valence-electron chi connectivity index (χ3n) is 3.02. The maximum absolute atomic E-state index is 11.2. The molecule has 18 heavy (non-hydrogen) atoms. The first-order chi connectivity index (χ1) is 8.56. The number of aromatic nitrogens is 1. The van der Waals surface area contributed by atoms with Gasteiger partial charge in [0.05, 0.1) is 4.92 Å². The second-order valence-corrected chi connectivity index (χ2v) is 6.08. The average molecular weight is 269 g/mol. The SMILES string of the molecule is Cc1cc(NC2CCS(=O)CC2)ncc1[N+](=O)[O-]. The number of hydrogen-bond donors (Lipinski definition) is 1. The van der Waals surface area contributed by atoms with Crippen LogP contribution in [-0.2, 0) is 10.8 Å². The molecule has 7 heteroatoms. The summed E-state index contributed by atoms with van der Waals surface area (Å²) in [5.41, 5.74) is 0.627. The summed E-state index contributed by atoms with van der Waals surface area (Å²) >= 11 is 0. The lowest BCUT2D eigenvalue weighted by Gasteiger charge is -2.23. The van der Waals surface area contributed by atoms with Crippen LogP contribution in [0, 0.1) is 17.0 Å². The van der Waals surface area contributed by atoms with Crippen LogP contribution in [0.5, 0.6) is 0 Å². The van der Waals surface area contributed by atoms with Crippen molar-refractivity contribution in [3.05, 3.63) is 27.9 Å². The van der Waals surface area contributed by atoms with Crippen molar-refractivity contribution in [3.8, 4) is 0 Å². The Labute approximate surface area is 107 Å². The highest BCUT2D eigenvalue weighted by Crippen LogP contribution is 2.21. The topological polar surface area (TPSA) is 85.1 Å². The molecule has 0 unspecified atom stereocenters. The minimum Gasteiger partial charge on any atom is -0.367 e. The van der Waals surface area contributed by atoms with E-state index >= 15 is 0 Å². The van der Waals surface area contributed by atoms with Gasteiger partial charge < -0.3 is 5.32 Å². The lowest BCUT2D eigenvalue weighted by molar-refractivity contribution is -0.385. The van der Waals surface area contributed by atoms with Crippen LogP contribution >= 0.6 is 0 Å². The summed E-state index contributed by atoms with van der Waals surface area (Å²) in [4.78, 5) is 14.3. The quantitative estimate of drug-likeness (QED) is 0.665. The molecule has 1 fully saturated rings. The molecule has 6 nitrogen and oxygen atoms in total. The molecule has 0 saturated carbocycles. The molecule has 1 aliphatic rings. The molecule has 2 heterocycles. The van der Waals surface area contributed by atoms with Gasteiger partial charge in [0.2, 0.25) is 0 Å². The molecule has 0 aliphatic carbocycles. The van der Waals surface area contributed by atoms with E-state index in [4.69, 9.17) is 0 Å². The van der Waals surface area contributed by atoms with Crippen molar-refractivity contribution < 1.29 is 9.13 Å². The van der Waals surface area contributed by atoms with Crippen LogP contribution in [0.25, 0.3) is 0 Å². The minimum atomic E-state index is -0.683. The van der Waals surface area contributed by atoms with E-state index in [9.17, 15) is 14.3 Å². The molecular formula is C11H15N3O3S. The van der Waals surface area contributed by atoms with Gasteiger partial charge in [0.25, 0.3) is 5.69 Å². The fraction of sp³-hybridized carbons (Fsp3) is 0.545. The zero-order valence-corrected chi connectivity index (χ0v) is 10.9. The van der Waals surface area contributed by atoms with Gasteiger partial charge in [-0.2, -0.15) is 0 Å². The Morgan fingerprint density at radius 1 is 1.50 bits per heavy atom. The molecule has 0 aromatic carbocycles. The highest BCUT2D eigenvalue weighted by atomic mass is 32.2. The number of nitrogens with one attached hydrogen (secondary N) is 1. The van der Waals surface area contributed by atoms with Crippen LogP contribution in [0.3, 0.4) is 0 Å². The minimum absolute atomic E-state index is 0.0327. The van der Waals surface area contributed by atoms with E-state index in [1.807, 2.05) is 0 Å². The lowest BCUT2D eigenvalue weighted by atomic mass is 10.1. The van der Waals surface area contributed by atoms with Crippen LogP contribution in [0.2, 0.25) is 0 Å². The smallest absolute Gasteiger partial charge is 0.290 e. The van der Waals surface area contributed by atoms with Gasteiger partial charge in [-0.25, -0.2) is 4.98 Å². The number of pyridine rings is 1. The van der Waals surface area contributed by atoms with Crippen molar-refractivity contribution in [2.45, 2.75) is 25.8 Å². The molecule has 98 valence electrons. The Morgan fingerprint density at radius 2 is 2.17 bits per heavy atom. The zero-order valence-electron chi connectivity index (χ0n) is 10.1. The highest BCUT2D eigenvalue weighted by molar-refractivity contribution is 7.85. The molecular weight excluding hydrogens is 254 g/mol. The summed E-state index contributed by atoms with van der Waals surface area (Å²) < 4.78 is 11.2. The van der Waals surface area contributed by atoms with E-state index in [0.717, 1.165) is 12.8 Å². The van der Waals surface area contributed by atoms with E-state index in [1.165, 1.54) is 6.20 Å². The van der Waals surface area contributed by atoms with E-state index in [2.05, 4.69) is 10.3 Å². The van der Waals surface area contributed by atoms with Crippen LogP contribution < -0.4 is 5.32 Å². The first-order valence-corrected chi connectivity index (χ1v) is 7.27. The van der Waals surface area contributed by atoms with Gasteiger partial charge in [0, 0.05) is 33.9 Å². The number of hydrogen-bond acceptors (Lipinski definition) is 5. The summed E-state index contributed by atoms with van der Waals surface area (Å²) in [6.45, 7) is 1.70. The summed E-state index contributed by atoms with van der Waals surface area (Å²) in [5, 5.41) is 13.9. The third kappa shape index (κ3) is 3.04. The van der Waals surface area contributed by atoms with Gasteiger partial charge in [-0.1, -0.05) is 0 Å². The Bertz CT molecular complexity index is 482. The first kappa shape index (κ1) is 12.9. The van der Waals surface area contributed by atoms with Gasteiger partial charge in [0.1, 0.15) is 12.0 Å². The molecule has 1 aromatic heterocycles. The second-order valence-electron chi connectivity index (χ2n) is 4.38. The van der Waals surface area contributed by atoms with Crippen LogP contribution in [0.1, 0.15) is 18.4 Å². The average Bonchev–Trinajstić information content (AvgIpc) is 2.32. The van der Waals surface area contributed by atoms with E-state index < -0.39 is 15.7 Å². The lowest BCUT2D eigenvalue weighted by Crippen LogP contribution is -2.29. The van der Waals surface area contributed by atoms with Gasteiger partial charge >= 0.3 is 0 Å². The normalized spacial score (nSPS) is 23.6. The van der Waals surface area contributed by atoms with Gasteiger partial charge in [0.15, 0.2) is 0 Å². The Kier molecular flexibility index (Phi) is 3.90. The standard InChI is InChI=1S/C11H15N3O3S/c1-8-6-11(12-7-10(8)14(15)16)13-9-2-4-18(17)5-3-9/h6-7,9H,2-5H2,1H3,(H,12,13). The maximum Gasteiger partial charge on any atom is 0.290 e.